The molecule has 0 spiro atoms. The van der Waals surface area contributed by atoms with Crippen LogP contribution in [0.4, 0.5) is 11.4 Å². The van der Waals surface area contributed by atoms with Gasteiger partial charge in [-0.05, 0) is 23.6 Å². The summed E-state index contributed by atoms with van der Waals surface area (Å²) in [5.41, 5.74) is 0.242. The zero-order chi connectivity index (χ0) is 24.1. The Morgan fingerprint density at radius 3 is 2.74 bits per heavy atom. The van der Waals surface area contributed by atoms with Crippen molar-refractivity contribution in [2.24, 2.45) is 0 Å². The van der Waals surface area contributed by atoms with E-state index in [0.29, 0.717) is 10.6 Å². The number of hydrogen-bond donors (Lipinski definition) is 1. The molecule has 1 N–H and O–H groups in total. The third-order valence-corrected chi connectivity index (χ3v) is 6.67. The minimum atomic E-state index is -1.27. The van der Waals surface area contributed by atoms with E-state index >= 15 is 0 Å². The van der Waals surface area contributed by atoms with Crippen molar-refractivity contribution in [3.05, 3.63) is 87.0 Å². The van der Waals surface area contributed by atoms with E-state index in [1.165, 1.54) is 41.6 Å². The number of thiophene rings is 1. The number of amides is 1. The number of carbonyl (C=O) groups excluding carboxylic acids is 2. The van der Waals surface area contributed by atoms with Gasteiger partial charge < -0.3 is 10.1 Å². The Morgan fingerprint density at radius 2 is 1.97 bits per heavy atom. The van der Waals surface area contributed by atoms with E-state index in [4.69, 9.17) is 16.3 Å². The zero-order valence-electron chi connectivity index (χ0n) is 17.2. The summed E-state index contributed by atoms with van der Waals surface area (Å²) in [5.74, 6) is -1.37. The van der Waals surface area contributed by atoms with Gasteiger partial charge in [-0.25, -0.2) is 9.97 Å². The van der Waals surface area contributed by atoms with Gasteiger partial charge in [0, 0.05) is 22.7 Å². The van der Waals surface area contributed by atoms with Crippen LogP contribution in [0.25, 0.3) is 10.2 Å². The lowest BCUT2D eigenvalue weighted by atomic mass is 10.1. The first kappa shape index (κ1) is 23.6. The van der Waals surface area contributed by atoms with Crippen molar-refractivity contribution >= 4 is 68.2 Å². The number of esters is 1. The van der Waals surface area contributed by atoms with Gasteiger partial charge in [0.15, 0.2) is 0 Å². The highest BCUT2D eigenvalue weighted by molar-refractivity contribution is 8.00. The van der Waals surface area contributed by atoms with Gasteiger partial charge in [0.25, 0.3) is 11.6 Å². The Bertz CT molecular complexity index is 1370. The number of halogens is 1. The molecule has 0 radical (unpaired) electrons. The molecule has 34 heavy (non-hydrogen) atoms. The van der Waals surface area contributed by atoms with Gasteiger partial charge in [-0.2, -0.15) is 0 Å². The highest BCUT2D eigenvalue weighted by atomic mass is 35.5. The second-order valence-corrected chi connectivity index (χ2v) is 9.07. The van der Waals surface area contributed by atoms with Crippen molar-refractivity contribution in [3.8, 4) is 0 Å². The first-order valence-electron chi connectivity index (χ1n) is 9.72. The van der Waals surface area contributed by atoms with Crippen LogP contribution in [-0.4, -0.2) is 32.5 Å². The second kappa shape index (κ2) is 10.6. The number of nitrogens with zero attached hydrogens (tertiary/aromatic N) is 3. The molecule has 0 saturated heterocycles. The smallest absolute Gasteiger partial charge is 0.317 e. The molecule has 4 rings (SSSR count). The lowest BCUT2D eigenvalue weighted by Gasteiger charge is -2.18. The number of thioether (sulfide) groups is 1. The quantitative estimate of drug-likeness (QED) is 0.111. The molecule has 172 valence electrons. The summed E-state index contributed by atoms with van der Waals surface area (Å²) in [6.45, 7) is 0. The molecule has 2 heterocycles. The molecule has 2 aromatic heterocycles. The number of nitro benzene ring substituents is 1. The third kappa shape index (κ3) is 5.50. The van der Waals surface area contributed by atoms with Crippen molar-refractivity contribution in [2.45, 2.75) is 11.1 Å². The molecule has 1 amide bonds. The number of benzene rings is 2. The van der Waals surface area contributed by atoms with Crippen molar-refractivity contribution in [1.82, 2.24) is 9.97 Å². The number of ether oxygens (including phenoxy) is 1. The number of carbonyl (C=O) groups is 2. The average molecular weight is 515 g/mol. The van der Waals surface area contributed by atoms with Crippen LogP contribution < -0.4 is 5.32 Å². The van der Waals surface area contributed by atoms with Crippen LogP contribution in [0.5, 0.6) is 0 Å². The second-order valence-electron chi connectivity index (χ2n) is 6.80. The van der Waals surface area contributed by atoms with Gasteiger partial charge in [0.1, 0.15) is 21.2 Å². The monoisotopic (exact) mass is 514 g/mol. The van der Waals surface area contributed by atoms with E-state index in [1.807, 2.05) is 11.4 Å². The molecule has 0 aliphatic carbocycles. The molecule has 0 fully saturated rings. The SMILES string of the molecule is O=C(CSc1ncnc2sccc12)O[C@@H](C(=O)Nc1ccc(Cl)c([N+](=O)[O-])c1)c1ccccc1. The van der Waals surface area contributed by atoms with Gasteiger partial charge >= 0.3 is 5.97 Å². The van der Waals surface area contributed by atoms with E-state index in [0.717, 1.165) is 16.3 Å². The first-order chi connectivity index (χ1) is 16.4. The number of aromatic nitrogens is 2. The molecule has 9 nitrogen and oxygen atoms in total. The average Bonchev–Trinajstić information content (AvgIpc) is 3.32. The minimum absolute atomic E-state index is 0.0597. The van der Waals surface area contributed by atoms with Crippen LogP contribution >= 0.6 is 34.7 Å². The maximum atomic E-state index is 13.0. The van der Waals surface area contributed by atoms with Crippen LogP contribution in [-0.2, 0) is 14.3 Å². The molecule has 2 aromatic carbocycles. The maximum Gasteiger partial charge on any atom is 0.317 e. The van der Waals surface area contributed by atoms with Crippen LogP contribution in [0.15, 0.2) is 71.3 Å². The number of fused-ring (bicyclic) bond motifs is 1. The predicted molar refractivity (Wildman–Crippen MR) is 130 cm³/mol. The Labute approximate surface area is 206 Å². The van der Waals surface area contributed by atoms with E-state index in [2.05, 4.69) is 15.3 Å². The Balaban J connectivity index is 1.49. The highest BCUT2D eigenvalue weighted by Crippen LogP contribution is 2.30. The predicted octanol–water partition coefficient (Wildman–Crippen LogP) is 5.27. The number of nitro groups is 1. The van der Waals surface area contributed by atoms with Gasteiger partial charge in [0.05, 0.1) is 10.7 Å². The van der Waals surface area contributed by atoms with Crippen LogP contribution in [0.3, 0.4) is 0 Å². The Hall–Kier alpha value is -3.54. The molecule has 12 heteroatoms. The van der Waals surface area contributed by atoms with Gasteiger partial charge in [-0.3, -0.25) is 19.7 Å². The molecular weight excluding hydrogens is 500 g/mol. The third-order valence-electron chi connectivity index (χ3n) is 4.55. The molecular formula is C22H15ClN4O5S2. The number of nitrogens with one attached hydrogen (secondary N) is 1. The molecule has 0 bridgehead atoms. The fourth-order valence-electron chi connectivity index (χ4n) is 3.01. The number of hydrogen-bond acceptors (Lipinski definition) is 9. The van der Waals surface area contributed by atoms with E-state index < -0.39 is 22.9 Å². The molecule has 0 aliphatic heterocycles. The summed E-state index contributed by atoms with van der Waals surface area (Å²) in [6.07, 6.45) is 0.161. The normalized spacial score (nSPS) is 11.7. The summed E-state index contributed by atoms with van der Waals surface area (Å²) >= 11 is 8.49. The fraction of sp³-hybridized carbons (Fsp3) is 0.0909. The lowest BCUT2D eigenvalue weighted by Crippen LogP contribution is -2.26. The first-order valence-corrected chi connectivity index (χ1v) is 12.0. The van der Waals surface area contributed by atoms with Crippen molar-refractivity contribution in [1.29, 1.82) is 0 Å². The Kier molecular flexibility index (Phi) is 7.36. The lowest BCUT2D eigenvalue weighted by molar-refractivity contribution is -0.384. The number of anilines is 1. The van der Waals surface area contributed by atoms with E-state index in [-0.39, 0.29) is 22.2 Å². The Morgan fingerprint density at radius 1 is 1.18 bits per heavy atom. The standard InChI is InChI=1S/C22H15ClN4O5S2/c23-16-7-6-14(10-17(16)27(30)31)26-20(29)19(13-4-2-1-3-5-13)32-18(28)11-34-22-15-8-9-33-21(15)24-12-25-22/h1-10,12,19H,11H2,(H,26,29)/t19-/m1/s1. The molecule has 4 aromatic rings. The van der Waals surface area contributed by atoms with Crippen molar-refractivity contribution < 1.29 is 19.2 Å². The summed E-state index contributed by atoms with van der Waals surface area (Å²) in [7, 11) is 0. The number of rotatable bonds is 8. The van der Waals surface area contributed by atoms with Gasteiger partial charge in [-0.1, -0.05) is 53.7 Å². The molecule has 1 atom stereocenters. The summed E-state index contributed by atoms with van der Waals surface area (Å²) in [5, 5.41) is 17.0. The summed E-state index contributed by atoms with van der Waals surface area (Å²) in [4.78, 5) is 45.4. The summed E-state index contributed by atoms with van der Waals surface area (Å²) < 4.78 is 5.51. The highest BCUT2D eigenvalue weighted by Gasteiger charge is 2.26. The van der Waals surface area contributed by atoms with Gasteiger partial charge in [-0.15, -0.1) is 11.3 Å². The fourth-order valence-corrected chi connectivity index (χ4v) is 4.76. The largest absolute Gasteiger partial charge is 0.447 e. The maximum absolute atomic E-state index is 13.0. The van der Waals surface area contributed by atoms with Crippen LogP contribution in [0.2, 0.25) is 5.02 Å². The topological polar surface area (TPSA) is 124 Å². The molecule has 0 saturated carbocycles. The van der Waals surface area contributed by atoms with Gasteiger partial charge in [0.2, 0.25) is 6.10 Å². The van der Waals surface area contributed by atoms with Crippen LogP contribution in [0.1, 0.15) is 11.7 Å². The van der Waals surface area contributed by atoms with Crippen LogP contribution in [0, 0.1) is 10.1 Å². The minimum Gasteiger partial charge on any atom is -0.447 e. The molecule has 0 unspecified atom stereocenters. The van der Waals surface area contributed by atoms with E-state index in [9.17, 15) is 19.7 Å². The molecule has 0 aliphatic rings. The zero-order valence-corrected chi connectivity index (χ0v) is 19.6. The van der Waals surface area contributed by atoms with E-state index in [1.54, 1.807) is 30.3 Å². The summed E-state index contributed by atoms with van der Waals surface area (Å²) in [6, 6.07) is 14.2. The van der Waals surface area contributed by atoms with Crippen molar-refractivity contribution in [2.75, 3.05) is 11.1 Å². The van der Waals surface area contributed by atoms with Crippen molar-refractivity contribution in [3.63, 3.8) is 0 Å².